The molecule has 0 amide bonds. The first-order valence-electron chi connectivity index (χ1n) is 16.3. The van der Waals surface area contributed by atoms with Gasteiger partial charge in [0.25, 0.3) is 0 Å². The fraction of sp³-hybridized carbons (Fsp3) is 0.140. The second kappa shape index (κ2) is 12.0. The molecule has 1 aliphatic heterocycles. The van der Waals surface area contributed by atoms with E-state index in [0.717, 1.165) is 68.5 Å². The van der Waals surface area contributed by atoms with Crippen LogP contribution < -0.4 is 0 Å². The summed E-state index contributed by atoms with van der Waals surface area (Å²) >= 11 is 0. The van der Waals surface area contributed by atoms with Crippen LogP contribution in [0.3, 0.4) is 0 Å². The zero-order valence-electron chi connectivity index (χ0n) is 27.2. The largest absolute Gasteiger partial charge is 0.255 e. The molecule has 0 fully saturated rings. The van der Waals surface area contributed by atoms with Crippen molar-refractivity contribution in [3.05, 3.63) is 139 Å². The number of aliphatic imine (C=N–C) groups is 1. The third-order valence-corrected chi connectivity index (χ3v) is 8.83. The lowest BCUT2D eigenvalue weighted by Crippen LogP contribution is -2.22. The first-order chi connectivity index (χ1) is 23.4. The number of aryl methyl sites for hydroxylation is 1. The van der Waals surface area contributed by atoms with E-state index in [4.69, 9.17) is 24.9 Å². The quantitative estimate of drug-likeness (QED) is 0.192. The molecule has 0 unspecified atom stereocenters. The van der Waals surface area contributed by atoms with E-state index in [0.29, 0.717) is 17.5 Å². The van der Waals surface area contributed by atoms with Gasteiger partial charge in [-0.1, -0.05) is 136 Å². The summed E-state index contributed by atoms with van der Waals surface area (Å²) in [5.41, 5.74) is 10.8. The molecule has 0 saturated carbocycles. The summed E-state index contributed by atoms with van der Waals surface area (Å²) in [4.78, 5) is 25.1. The van der Waals surface area contributed by atoms with Crippen molar-refractivity contribution >= 4 is 22.3 Å². The molecule has 0 saturated heterocycles. The van der Waals surface area contributed by atoms with E-state index < -0.39 is 0 Å². The number of nitrogens with zero attached hydrogens (tertiary/aromatic N) is 5. The number of fused-ring (bicyclic) bond motifs is 3. The van der Waals surface area contributed by atoms with Gasteiger partial charge in [0, 0.05) is 27.6 Å². The van der Waals surface area contributed by atoms with Crippen LogP contribution in [0.2, 0.25) is 0 Å². The van der Waals surface area contributed by atoms with E-state index in [1.165, 1.54) is 11.3 Å². The van der Waals surface area contributed by atoms with Gasteiger partial charge in [0.05, 0.1) is 28.0 Å². The molecular formula is C43H33N5. The van der Waals surface area contributed by atoms with E-state index in [2.05, 4.69) is 75.4 Å². The number of pyridine rings is 1. The third kappa shape index (κ3) is 5.63. The lowest BCUT2D eigenvalue weighted by Gasteiger charge is -2.26. The molecule has 0 atom stereocenters. The van der Waals surface area contributed by atoms with Crippen LogP contribution in [0, 0.1) is 17.5 Å². The van der Waals surface area contributed by atoms with Crippen LogP contribution in [0.4, 0.5) is 5.69 Å². The van der Waals surface area contributed by atoms with Gasteiger partial charge in [-0.2, -0.15) is 0 Å². The van der Waals surface area contributed by atoms with E-state index >= 15 is 0 Å². The summed E-state index contributed by atoms with van der Waals surface area (Å²) in [6, 6.07) is 47.8. The molecule has 0 aliphatic carbocycles. The average molecular weight is 620 g/mol. The Kier molecular flexibility index (Phi) is 7.34. The monoisotopic (exact) mass is 619 g/mol. The maximum atomic E-state index is 5.27. The average Bonchev–Trinajstić information content (AvgIpc) is 3.14. The van der Waals surface area contributed by atoms with Gasteiger partial charge in [0.1, 0.15) is 0 Å². The van der Waals surface area contributed by atoms with Gasteiger partial charge in [0.2, 0.25) is 0 Å². The molecule has 5 heteroatoms. The number of hydrogen-bond acceptors (Lipinski definition) is 5. The highest BCUT2D eigenvalue weighted by Gasteiger charge is 2.25. The van der Waals surface area contributed by atoms with Gasteiger partial charge in [-0.25, -0.2) is 19.9 Å². The Morgan fingerprint density at radius 3 is 1.69 bits per heavy atom. The molecule has 5 aromatic carbocycles. The van der Waals surface area contributed by atoms with E-state index in [-0.39, 0.29) is 5.41 Å². The predicted molar refractivity (Wildman–Crippen MR) is 195 cm³/mol. The Balaban J connectivity index is 1.26. The molecule has 5 nitrogen and oxygen atoms in total. The van der Waals surface area contributed by atoms with Crippen LogP contribution in [-0.4, -0.2) is 25.6 Å². The molecule has 0 spiro atoms. The second-order valence-corrected chi connectivity index (χ2v) is 13.1. The van der Waals surface area contributed by atoms with Crippen LogP contribution in [0.15, 0.2) is 126 Å². The summed E-state index contributed by atoms with van der Waals surface area (Å²) in [5.74, 6) is 1.77. The minimum absolute atomic E-state index is 0.00588. The summed E-state index contributed by atoms with van der Waals surface area (Å²) < 4.78 is 0. The zero-order valence-corrected chi connectivity index (χ0v) is 27.2. The number of hydrogen-bond donors (Lipinski definition) is 0. The summed E-state index contributed by atoms with van der Waals surface area (Å²) in [7, 11) is 0. The van der Waals surface area contributed by atoms with E-state index in [1.807, 2.05) is 78.9 Å². The lowest BCUT2D eigenvalue weighted by molar-refractivity contribution is 0.574. The van der Waals surface area contributed by atoms with Crippen molar-refractivity contribution < 1.29 is 0 Å². The Hall–Kier alpha value is -5.99. The highest BCUT2D eigenvalue weighted by molar-refractivity contribution is 6.05. The molecule has 7 aromatic rings. The van der Waals surface area contributed by atoms with Crippen LogP contribution >= 0.6 is 0 Å². The van der Waals surface area contributed by atoms with Gasteiger partial charge in [-0.3, -0.25) is 4.99 Å². The lowest BCUT2D eigenvalue weighted by atomic mass is 9.84. The molecule has 0 radical (unpaired) electrons. The second-order valence-electron chi connectivity index (χ2n) is 13.1. The molecule has 0 bridgehead atoms. The fourth-order valence-corrected chi connectivity index (χ4v) is 6.22. The molecule has 1 aliphatic rings. The van der Waals surface area contributed by atoms with Gasteiger partial charge in [0.15, 0.2) is 17.5 Å². The van der Waals surface area contributed by atoms with Gasteiger partial charge in [-0.15, -0.1) is 0 Å². The predicted octanol–water partition coefficient (Wildman–Crippen LogP) is 10.4. The molecule has 2 aromatic heterocycles. The highest BCUT2D eigenvalue weighted by atomic mass is 15.0. The first kappa shape index (κ1) is 29.4. The third-order valence-electron chi connectivity index (χ3n) is 8.83. The molecule has 8 rings (SSSR count). The Bertz CT molecular complexity index is 2230. The molecule has 230 valence electrons. The van der Waals surface area contributed by atoms with Crippen molar-refractivity contribution in [2.24, 2.45) is 10.4 Å². The van der Waals surface area contributed by atoms with Crippen LogP contribution in [0.25, 0.3) is 67.5 Å². The molecular weight excluding hydrogens is 587 g/mol. The highest BCUT2D eigenvalue weighted by Crippen LogP contribution is 2.41. The van der Waals surface area contributed by atoms with E-state index in [9.17, 15) is 0 Å². The van der Waals surface area contributed by atoms with Gasteiger partial charge in [-0.05, 0) is 47.7 Å². The van der Waals surface area contributed by atoms with Crippen molar-refractivity contribution in [1.82, 2.24) is 19.9 Å². The van der Waals surface area contributed by atoms with Crippen molar-refractivity contribution in [2.75, 3.05) is 0 Å². The smallest absolute Gasteiger partial charge is 0.172 e. The van der Waals surface area contributed by atoms with Crippen molar-refractivity contribution in [2.45, 2.75) is 33.6 Å². The molecule has 3 heterocycles. The zero-order chi connectivity index (χ0) is 32.7. The molecule has 48 heavy (non-hydrogen) atoms. The molecule has 0 N–H and O–H groups in total. The Labute approximate surface area is 281 Å². The van der Waals surface area contributed by atoms with E-state index in [1.54, 1.807) is 0 Å². The fourth-order valence-electron chi connectivity index (χ4n) is 6.22. The standard InChI is InChI=1S/C43H33N5/c1-43(2,3)37-26-24-30-23-25-34-35(28-13-7-4-8-14-28)27-36(44-39(34)38(30)45-37)29-19-21-33(22-20-29)42-47-40(31-15-9-5-10-16-31)46-41(48-42)32-17-11-6-12-18-32/h4-19,21,23,25,27H,24,26H2,1-3H3. The normalized spacial score (nSPS) is 12.7. The number of aromatic nitrogens is 4. The van der Waals surface area contributed by atoms with Crippen molar-refractivity contribution in [1.29, 1.82) is 0 Å². The SMILES string of the molecule is CC(C)(C)C1=Nc2c(ccc3c(-c4ccccc4)cc(-c4c#cc(-c5nc(-c6ccccc6)nc(-c6ccccc6)n5)cc4)nc23)CC1. The van der Waals surface area contributed by atoms with Crippen LogP contribution in [-0.2, 0) is 6.42 Å². The maximum Gasteiger partial charge on any atom is 0.172 e. The summed E-state index contributed by atoms with van der Waals surface area (Å²) in [5, 5.41) is 1.09. The summed E-state index contributed by atoms with van der Waals surface area (Å²) in [6.45, 7) is 6.71. The van der Waals surface area contributed by atoms with Gasteiger partial charge < -0.3 is 0 Å². The first-order valence-corrected chi connectivity index (χ1v) is 16.3. The Morgan fingerprint density at radius 2 is 1.10 bits per heavy atom. The number of rotatable bonds is 5. The van der Waals surface area contributed by atoms with Crippen LogP contribution in [0.5, 0.6) is 0 Å². The Morgan fingerprint density at radius 1 is 0.542 bits per heavy atom. The summed E-state index contributed by atoms with van der Waals surface area (Å²) in [6.07, 6.45) is 1.93. The topological polar surface area (TPSA) is 63.9 Å². The van der Waals surface area contributed by atoms with Crippen molar-refractivity contribution in [3.8, 4) is 56.5 Å². The minimum atomic E-state index is -0.00588. The number of benzene rings is 4. The van der Waals surface area contributed by atoms with Crippen molar-refractivity contribution in [3.63, 3.8) is 0 Å². The van der Waals surface area contributed by atoms with Crippen LogP contribution in [0.1, 0.15) is 32.8 Å². The van der Waals surface area contributed by atoms with Gasteiger partial charge >= 0.3 is 0 Å². The maximum absolute atomic E-state index is 5.27. The minimum Gasteiger partial charge on any atom is -0.255 e.